The number of benzene rings is 2. The van der Waals surface area contributed by atoms with Gasteiger partial charge in [0.1, 0.15) is 0 Å². The van der Waals surface area contributed by atoms with E-state index in [1.165, 1.54) is 6.92 Å². The summed E-state index contributed by atoms with van der Waals surface area (Å²) in [6.45, 7) is 7.90. The molecule has 2 rings (SSSR count). The predicted octanol–water partition coefficient (Wildman–Crippen LogP) is 4.31. The molecule has 0 saturated carbocycles. The third kappa shape index (κ3) is 5.07. The summed E-state index contributed by atoms with van der Waals surface area (Å²) in [5.41, 5.74) is 2.87. The Labute approximate surface area is 153 Å². The number of anilines is 1. The summed E-state index contributed by atoms with van der Waals surface area (Å²) in [5, 5.41) is 6.38. The van der Waals surface area contributed by atoms with Gasteiger partial charge in [-0.1, -0.05) is 43.6 Å². The highest BCUT2D eigenvalue weighted by atomic mass is 35.5. The topological polar surface area (TPSA) is 58.2 Å². The van der Waals surface area contributed by atoms with Crippen LogP contribution >= 0.6 is 11.6 Å². The summed E-state index contributed by atoms with van der Waals surface area (Å²) in [6, 6.07) is 12.9. The zero-order chi connectivity index (χ0) is 18.6. The zero-order valence-corrected chi connectivity index (χ0v) is 15.7. The average Bonchev–Trinajstić information content (AvgIpc) is 2.54. The third-order valence-corrected chi connectivity index (χ3v) is 4.34. The number of carbonyl (C=O) groups excluding carboxylic acids is 2. The summed E-state index contributed by atoms with van der Waals surface area (Å²) in [5.74, 6) is -0.343. The SMILES string of the molecule is CC(=O)Nc1cc(C(=O)NCC(C)(C)c2cccc(Cl)c2)ccc1C. The first-order valence-electron chi connectivity index (χ1n) is 8.11. The second-order valence-corrected chi connectivity index (χ2v) is 7.22. The summed E-state index contributed by atoms with van der Waals surface area (Å²) in [7, 11) is 0. The molecule has 2 N–H and O–H groups in total. The maximum Gasteiger partial charge on any atom is 0.251 e. The molecule has 25 heavy (non-hydrogen) atoms. The van der Waals surface area contributed by atoms with Crippen LogP contribution in [0.1, 0.15) is 42.3 Å². The summed E-state index contributed by atoms with van der Waals surface area (Å²) in [6.07, 6.45) is 0. The van der Waals surface area contributed by atoms with Gasteiger partial charge in [-0.15, -0.1) is 0 Å². The van der Waals surface area contributed by atoms with Gasteiger partial charge in [0.2, 0.25) is 5.91 Å². The fourth-order valence-electron chi connectivity index (χ4n) is 2.50. The summed E-state index contributed by atoms with van der Waals surface area (Å²) >= 11 is 6.06. The standard InChI is InChI=1S/C20H23ClN2O2/c1-13-8-9-15(10-18(13)23-14(2)24)19(25)22-12-20(3,4)16-6-5-7-17(21)11-16/h5-11H,12H2,1-4H3,(H,22,25)(H,23,24). The molecule has 0 bridgehead atoms. The molecule has 0 heterocycles. The van der Waals surface area contributed by atoms with Crippen molar-refractivity contribution in [2.24, 2.45) is 0 Å². The van der Waals surface area contributed by atoms with Gasteiger partial charge < -0.3 is 10.6 Å². The number of halogens is 1. The van der Waals surface area contributed by atoms with Crippen LogP contribution < -0.4 is 10.6 Å². The van der Waals surface area contributed by atoms with E-state index in [4.69, 9.17) is 11.6 Å². The van der Waals surface area contributed by atoms with Gasteiger partial charge in [0.25, 0.3) is 5.91 Å². The Balaban J connectivity index is 2.10. The van der Waals surface area contributed by atoms with Crippen molar-refractivity contribution >= 4 is 29.1 Å². The number of aryl methyl sites for hydroxylation is 1. The number of hydrogen-bond acceptors (Lipinski definition) is 2. The van der Waals surface area contributed by atoms with Crippen molar-refractivity contribution in [2.45, 2.75) is 33.1 Å². The molecule has 0 aliphatic carbocycles. The molecular weight excluding hydrogens is 336 g/mol. The van der Waals surface area contributed by atoms with Gasteiger partial charge in [-0.25, -0.2) is 0 Å². The molecule has 0 saturated heterocycles. The van der Waals surface area contributed by atoms with E-state index >= 15 is 0 Å². The van der Waals surface area contributed by atoms with Gasteiger partial charge in [-0.2, -0.15) is 0 Å². The Hall–Kier alpha value is -2.33. The number of carbonyl (C=O) groups is 2. The van der Waals surface area contributed by atoms with Crippen LogP contribution in [-0.4, -0.2) is 18.4 Å². The van der Waals surface area contributed by atoms with Crippen LogP contribution in [0, 0.1) is 6.92 Å². The first-order valence-corrected chi connectivity index (χ1v) is 8.49. The molecule has 4 nitrogen and oxygen atoms in total. The number of hydrogen-bond donors (Lipinski definition) is 2. The third-order valence-electron chi connectivity index (χ3n) is 4.11. The highest BCUT2D eigenvalue weighted by Gasteiger charge is 2.22. The predicted molar refractivity (Wildman–Crippen MR) is 102 cm³/mol. The highest BCUT2D eigenvalue weighted by Crippen LogP contribution is 2.25. The van der Waals surface area contributed by atoms with Crippen LogP contribution in [0.5, 0.6) is 0 Å². The Bertz CT molecular complexity index is 800. The Kier molecular flexibility index (Phi) is 5.85. The van der Waals surface area contributed by atoms with E-state index in [9.17, 15) is 9.59 Å². The number of amides is 2. The van der Waals surface area contributed by atoms with Crippen LogP contribution in [0.25, 0.3) is 0 Å². The average molecular weight is 359 g/mol. The monoisotopic (exact) mass is 358 g/mol. The van der Waals surface area contributed by atoms with Crippen molar-refractivity contribution in [3.05, 3.63) is 64.2 Å². The molecule has 0 spiro atoms. The quantitative estimate of drug-likeness (QED) is 0.836. The fraction of sp³-hybridized carbons (Fsp3) is 0.300. The molecule has 0 radical (unpaired) electrons. The van der Waals surface area contributed by atoms with Gasteiger partial charge in [0.15, 0.2) is 0 Å². The first-order chi connectivity index (χ1) is 11.7. The van der Waals surface area contributed by atoms with Crippen molar-refractivity contribution < 1.29 is 9.59 Å². The van der Waals surface area contributed by atoms with E-state index < -0.39 is 0 Å². The van der Waals surface area contributed by atoms with E-state index in [0.29, 0.717) is 22.8 Å². The smallest absolute Gasteiger partial charge is 0.251 e. The largest absolute Gasteiger partial charge is 0.351 e. The van der Waals surface area contributed by atoms with Crippen LogP contribution in [0.4, 0.5) is 5.69 Å². The van der Waals surface area contributed by atoms with Crippen LogP contribution in [0.3, 0.4) is 0 Å². The summed E-state index contributed by atoms with van der Waals surface area (Å²) < 4.78 is 0. The molecule has 2 amide bonds. The second-order valence-electron chi connectivity index (χ2n) is 6.79. The van der Waals surface area contributed by atoms with Gasteiger partial charge in [0.05, 0.1) is 0 Å². The maximum atomic E-state index is 12.5. The molecule has 2 aromatic rings. The molecule has 0 fully saturated rings. The number of nitrogens with one attached hydrogen (secondary N) is 2. The lowest BCUT2D eigenvalue weighted by molar-refractivity contribution is -0.114. The molecule has 5 heteroatoms. The van der Waals surface area contributed by atoms with Gasteiger partial charge in [0, 0.05) is 35.2 Å². The molecule has 2 aromatic carbocycles. The Morgan fingerprint density at radius 1 is 1.12 bits per heavy atom. The molecule has 132 valence electrons. The molecule has 0 aliphatic heterocycles. The van der Waals surface area contributed by atoms with E-state index in [2.05, 4.69) is 24.5 Å². The molecular formula is C20H23ClN2O2. The van der Waals surface area contributed by atoms with Crippen molar-refractivity contribution in [1.82, 2.24) is 5.32 Å². The normalized spacial score (nSPS) is 11.1. The lowest BCUT2D eigenvalue weighted by Gasteiger charge is -2.26. The Morgan fingerprint density at radius 3 is 2.48 bits per heavy atom. The van der Waals surface area contributed by atoms with Crippen LogP contribution in [0.2, 0.25) is 5.02 Å². The minimum absolute atomic E-state index is 0.164. The van der Waals surface area contributed by atoms with Crippen LogP contribution in [-0.2, 0) is 10.2 Å². The lowest BCUT2D eigenvalue weighted by Crippen LogP contribution is -2.36. The molecule has 0 aromatic heterocycles. The lowest BCUT2D eigenvalue weighted by atomic mass is 9.84. The van der Waals surface area contributed by atoms with Gasteiger partial charge >= 0.3 is 0 Å². The van der Waals surface area contributed by atoms with Crippen molar-refractivity contribution in [2.75, 3.05) is 11.9 Å². The summed E-state index contributed by atoms with van der Waals surface area (Å²) in [4.78, 5) is 23.8. The van der Waals surface area contributed by atoms with Gasteiger partial charge in [-0.3, -0.25) is 9.59 Å². The first kappa shape index (κ1) is 19.0. The molecule has 0 unspecified atom stereocenters. The fourth-order valence-corrected chi connectivity index (χ4v) is 2.69. The zero-order valence-electron chi connectivity index (χ0n) is 14.9. The molecule has 0 atom stereocenters. The highest BCUT2D eigenvalue weighted by molar-refractivity contribution is 6.30. The Morgan fingerprint density at radius 2 is 1.84 bits per heavy atom. The van der Waals surface area contributed by atoms with Crippen molar-refractivity contribution in [1.29, 1.82) is 0 Å². The second kappa shape index (κ2) is 7.70. The number of rotatable bonds is 5. The maximum absolute atomic E-state index is 12.5. The van der Waals surface area contributed by atoms with Gasteiger partial charge in [-0.05, 0) is 42.3 Å². The molecule has 0 aliphatic rings. The van der Waals surface area contributed by atoms with Crippen LogP contribution in [0.15, 0.2) is 42.5 Å². The van der Waals surface area contributed by atoms with E-state index in [1.807, 2.05) is 37.3 Å². The van der Waals surface area contributed by atoms with E-state index in [0.717, 1.165) is 11.1 Å². The van der Waals surface area contributed by atoms with Crippen molar-refractivity contribution in [3.8, 4) is 0 Å². The van der Waals surface area contributed by atoms with Crippen molar-refractivity contribution in [3.63, 3.8) is 0 Å². The minimum Gasteiger partial charge on any atom is -0.351 e. The van der Waals surface area contributed by atoms with E-state index in [-0.39, 0.29) is 17.2 Å². The minimum atomic E-state index is -0.258. The van der Waals surface area contributed by atoms with E-state index in [1.54, 1.807) is 12.1 Å².